The van der Waals surface area contributed by atoms with Crippen LogP contribution >= 0.6 is 31.9 Å². The normalized spacial score (nSPS) is 13.7. The summed E-state index contributed by atoms with van der Waals surface area (Å²) < 4.78 is 2.43. The highest BCUT2D eigenvalue weighted by Gasteiger charge is 1.87. The zero-order valence-corrected chi connectivity index (χ0v) is 7.64. The molecule has 42 valence electrons. The van der Waals surface area contributed by atoms with E-state index in [-0.39, 0.29) is 0 Å². The van der Waals surface area contributed by atoms with Crippen LogP contribution in [0.15, 0.2) is 8.96 Å². The van der Waals surface area contributed by atoms with Gasteiger partial charge in [-0.15, -0.1) is 0 Å². The van der Waals surface area contributed by atoms with E-state index in [0.717, 1.165) is 6.42 Å². The summed E-state index contributed by atoms with van der Waals surface area (Å²) in [6, 6.07) is 0. The van der Waals surface area contributed by atoms with Gasteiger partial charge in [0, 0.05) is 8.96 Å². The fraction of sp³-hybridized carbons (Fsp3) is 0.600. The highest BCUT2D eigenvalue weighted by atomic mass is 79.9. The first-order valence-electron chi connectivity index (χ1n) is 2.19. The van der Waals surface area contributed by atoms with Gasteiger partial charge in [-0.1, -0.05) is 38.8 Å². The Morgan fingerprint density at radius 2 is 1.86 bits per heavy atom. The molecule has 0 spiro atoms. The summed E-state index contributed by atoms with van der Waals surface area (Å²) in [7, 11) is 0. The Hall–Kier alpha value is 0.700. The molecule has 2 heteroatoms. The van der Waals surface area contributed by atoms with Gasteiger partial charge in [-0.2, -0.15) is 0 Å². The second kappa shape index (κ2) is 3.67. The van der Waals surface area contributed by atoms with Gasteiger partial charge in [0.25, 0.3) is 0 Å². The van der Waals surface area contributed by atoms with E-state index in [1.54, 1.807) is 0 Å². The molecule has 0 N–H and O–H groups in total. The summed E-state index contributed by atoms with van der Waals surface area (Å²) in [6.07, 6.45) is 1.07. The molecule has 0 aliphatic rings. The number of rotatable bonds is 1. The van der Waals surface area contributed by atoms with E-state index < -0.39 is 0 Å². The highest BCUT2D eigenvalue weighted by molar-refractivity contribution is 9.14. The monoisotopic (exact) mass is 226 g/mol. The summed E-state index contributed by atoms with van der Waals surface area (Å²) in [4.78, 5) is 0. The van der Waals surface area contributed by atoms with Gasteiger partial charge in [0.05, 0.1) is 0 Å². The number of hydrogen-bond acceptors (Lipinski definition) is 0. The van der Waals surface area contributed by atoms with Crippen LogP contribution in [-0.4, -0.2) is 0 Å². The standard InChI is InChI=1S/C5H8Br2/c1-3-5(7)4(2)6/h3H2,1-2H3/b5-4-. The topological polar surface area (TPSA) is 0 Å². The van der Waals surface area contributed by atoms with Gasteiger partial charge in [0.2, 0.25) is 0 Å². The third-order valence-electron chi connectivity index (χ3n) is 0.684. The Balaban J connectivity index is 3.72. The van der Waals surface area contributed by atoms with Crippen LogP contribution < -0.4 is 0 Å². The molecular formula is C5H8Br2. The molecule has 0 saturated carbocycles. The maximum absolute atomic E-state index is 3.37. The van der Waals surface area contributed by atoms with Crippen LogP contribution in [0.2, 0.25) is 0 Å². The van der Waals surface area contributed by atoms with Crippen molar-refractivity contribution >= 4 is 31.9 Å². The van der Waals surface area contributed by atoms with Crippen molar-refractivity contribution in [3.63, 3.8) is 0 Å². The maximum Gasteiger partial charge on any atom is 0.00462 e. The van der Waals surface area contributed by atoms with Crippen molar-refractivity contribution in [1.82, 2.24) is 0 Å². The van der Waals surface area contributed by atoms with Crippen molar-refractivity contribution < 1.29 is 0 Å². The average molecular weight is 228 g/mol. The van der Waals surface area contributed by atoms with Crippen LogP contribution in [0.5, 0.6) is 0 Å². The number of allylic oxidation sites excluding steroid dienone is 2. The third-order valence-corrected chi connectivity index (χ3v) is 2.85. The predicted octanol–water partition coefficient (Wildman–Crippen LogP) is 3.42. The second-order valence-corrected chi connectivity index (χ2v) is 3.44. The van der Waals surface area contributed by atoms with Gasteiger partial charge in [-0.3, -0.25) is 0 Å². The van der Waals surface area contributed by atoms with Crippen molar-refractivity contribution in [3.05, 3.63) is 8.96 Å². The molecule has 0 aromatic carbocycles. The molecule has 0 heterocycles. The third kappa shape index (κ3) is 3.30. The van der Waals surface area contributed by atoms with Gasteiger partial charge < -0.3 is 0 Å². The molecule has 0 fully saturated rings. The molecule has 7 heavy (non-hydrogen) atoms. The van der Waals surface area contributed by atoms with Crippen LogP contribution in [0.25, 0.3) is 0 Å². The molecule has 0 amide bonds. The zero-order chi connectivity index (χ0) is 5.86. The lowest BCUT2D eigenvalue weighted by Gasteiger charge is -1.90. The molecule has 0 saturated heterocycles. The lowest BCUT2D eigenvalue weighted by molar-refractivity contribution is 1.20. The predicted molar refractivity (Wildman–Crippen MR) is 40.8 cm³/mol. The molecule has 0 unspecified atom stereocenters. The molecule has 0 nitrogen and oxygen atoms in total. The quantitative estimate of drug-likeness (QED) is 0.644. The van der Waals surface area contributed by atoms with Crippen molar-refractivity contribution in [3.8, 4) is 0 Å². The maximum atomic E-state index is 3.37. The molecule has 0 aliphatic heterocycles. The summed E-state index contributed by atoms with van der Waals surface area (Å²) in [6.45, 7) is 4.13. The number of hydrogen-bond donors (Lipinski definition) is 0. The SMILES string of the molecule is CC/C(Br)=C(\C)Br. The first kappa shape index (κ1) is 7.70. The van der Waals surface area contributed by atoms with Gasteiger partial charge in [-0.05, 0) is 13.3 Å². The van der Waals surface area contributed by atoms with E-state index >= 15 is 0 Å². The van der Waals surface area contributed by atoms with E-state index in [1.165, 1.54) is 8.96 Å². The van der Waals surface area contributed by atoms with E-state index in [4.69, 9.17) is 0 Å². The van der Waals surface area contributed by atoms with E-state index in [1.807, 2.05) is 6.92 Å². The minimum Gasteiger partial charge on any atom is -0.0608 e. The molecule has 0 atom stereocenters. The van der Waals surface area contributed by atoms with E-state index in [2.05, 4.69) is 38.8 Å². The largest absolute Gasteiger partial charge is 0.0608 e. The van der Waals surface area contributed by atoms with Crippen molar-refractivity contribution in [2.45, 2.75) is 20.3 Å². The minimum atomic E-state index is 1.07. The number of halogens is 2. The second-order valence-electron chi connectivity index (χ2n) is 1.29. The molecule has 0 radical (unpaired) electrons. The summed E-state index contributed by atoms with van der Waals surface area (Å²) in [5, 5.41) is 0. The molecular weight excluding hydrogens is 220 g/mol. The minimum absolute atomic E-state index is 1.07. The van der Waals surface area contributed by atoms with Crippen LogP contribution in [0.1, 0.15) is 20.3 Å². The Morgan fingerprint density at radius 3 is 1.86 bits per heavy atom. The van der Waals surface area contributed by atoms with Crippen molar-refractivity contribution in [2.24, 2.45) is 0 Å². The fourth-order valence-electron chi connectivity index (χ4n) is 0.244. The van der Waals surface area contributed by atoms with Crippen LogP contribution in [-0.2, 0) is 0 Å². The zero-order valence-electron chi connectivity index (χ0n) is 4.46. The first-order valence-corrected chi connectivity index (χ1v) is 3.77. The summed E-state index contributed by atoms with van der Waals surface area (Å²) in [5.41, 5.74) is 0. The van der Waals surface area contributed by atoms with Crippen LogP contribution in [0, 0.1) is 0 Å². The Kier molecular flexibility index (Phi) is 4.04. The van der Waals surface area contributed by atoms with Crippen molar-refractivity contribution in [2.75, 3.05) is 0 Å². The molecule has 0 aromatic rings. The summed E-state index contributed by atoms with van der Waals surface area (Å²) >= 11 is 6.71. The van der Waals surface area contributed by atoms with Crippen LogP contribution in [0.4, 0.5) is 0 Å². The lowest BCUT2D eigenvalue weighted by atomic mass is 10.4. The fourth-order valence-corrected chi connectivity index (χ4v) is 0.524. The molecule has 0 aromatic heterocycles. The van der Waals surface area contributed by atoms with Gasteiger partial charge in [0.1, 0.15) is 0 Å². The Labute approximate surface area is 61.2 Å². The summed E-state index contributed by atoms with van der Waals surface area (Å²) in [5.74, 6) is 0. The van der Waals surface area contributed by atoms with E-state index in [0.29, 0.717) is 0 Å². The Bertz CT molecular complexity index is 80.1. The van der Waals surface area contributed by atoms with E-state index in [9.17, 15) is 0 Å². The lowest BCUT2D eigenvalue weighted by Crippen LogP contribution is -1.65. The highest BCUT2D eigenvalue weighted by Crippen LogP contribution is 2.19. The average Bonchev–Trinajstić information content (AvgIpc) is 1.65. The van der Waals surface area contributed by atoms with Crippen molar-refractivity contribution in [1.29, 1.82) is 0 Å². The smallest absolute Gasteiger partial charge is 0.00462 e. The van der Waals surface area contributed by atoms with Crippen LogP contribution in [0.3, 0.4) is 0 Å². The van der Waals surface area contributed by atoms with Gasteiger partial charge >= 0.3 is 0 Å². The van der Waals surface area contributed by atoms with Gasteiger partial charge in [-0.25, -0.2) is 0 Å². The Morgan fingerprint density at radius 1 is 1.43 bits per heavy atom. The molecule has 0 aliphatic carbocycles. The van der Waals surface area contributed by atoms with Gasteiger partial charge in [0.15, 0.2) is 0 Å². The first-order chi connectivity index (χ1) is 3.18. The molecule has 0 rings (SSSR count). The molecule has 0 bridgehead atoms.